The van der Waals surface area contributed by atoms with E-state index in [0.29, 0.717) is 0 Å². The van der Waals surface area contributed by atoms with Gasteiger partial charge < -0.3 is 9.72 Å². The number of aromatic nitrogens is 1. The van der Waals surface area contributed by atoms with Gasteiger partial charge in [0.1, 0.15) is 0 Å². The van der Waals surface area contributed by atoms with Gasteiger partial charge in [0, 0.05) is 23.0 Å². The maximum Gasteiger partial charge on any atom is 0.0980 e. The van der Waals surface area contributed by atoms with E-state index >= 15 is 0 Å². The van der Waals surface area contributed by atoms with Crippen LogP contribution in [-0.2, 0) is 11.2 Å². The van der Waals surface area contributed by atoms with Gasteiger partial charge in [0.2, 0.25) is 0 Å². The molecule has 0 amide bonds. The molecule has 1 aliphatic heterocycles. The van der Waals surface area contributed by atoms with Gasteiger partial charge in [-0.15, -0.1) is 0 Å². The number of aromatic amines is 1. The van der Waals surface area contributed by atoms with Gasteiger partial charge in [0.15, 0.2) is 0 Å². The van der Waals surface area contributed by atoms with Crippen LogP contribution in [-0.4, -0.2) is 10.6 Å². The monoisotopic (exact) mass is 229 g/mol. The molecule has 90 valence electrons. The fourth-order valence-electron chi connectivity index (χ4n) is 2.89. The summed E-state index contributed by atoms with van der Waals surface area (Å²) in [5.41, 5.74) is 3.91. The van der Waals surface area contributed by atoms with E-state index in [1.165, 1.54) is 22.2 Å². The zero-order valence-corrected chi connectivity index (χ0v) is 10.7. The Hall–Kier alpha value is -1.28. The van der Waals surface area contributed by atoms with Crippen LogP contribution >= 0.6 is 0 Å². The lowest BCUT2D eigenvalue weighted by Crippen LogP contribution is -2.34. The second-order valence-electron chi connectivity index (χ2n) is 5.51. The smallest absolute Gasteiger partial charge is 0.0980 e. The third-order valence-corrected chi connectivity index (χ3v) is 3.60. The van der Waals surface area contributed by atoms with Gasteiger partial charge in [0.05, 0.1) is 11.7 Å². The summed E-state index contributed by atoms with van der Waals surface area (Å²) >= 11 is 0. The van der Waals surface area contributed by atoms with Crippen LogP contribution < -0.4 is 0 Å². The van der Waals surface area contributed by atoms with Crippen LogP contribution in [0.2, 0.25) is 0 Å². The van der Waals surface area contributed by atoms with Crippen molar-refractivity contribution in [1.82, 2.24) is 4.98 Å². The van der Waals surface area contributed by atoms with Crippen molar-refractivity contribution in [1.29, 1.82) is 0 Å². The number of ether oxygens (including phenoxy) is 1. The molecule has 0 fully saturated rings. The maximum atomic E-state index is 6.15. The lowest BCUT2D eigenvalue weighted by molar-refractivity contribution is -0.0872. The predicted octanol–water partition coefficient (Wildman–Crippen LogP) is 3.97. The molecule has 0 bridgehead atoms. The highest BCUT2D eigenvalue weighted by atomic mass is 16.5. The van der Waals surface area contributed by atoms with Crippen molar-refractivity contribution in [2.24, 2.45) is 0 Å². The van der Waals surface area contributed by atoms with Crippen LogP contribution in [0.4, 0.5) is 0 Å². The van der Waals surface area contributed by atoms with Crippen LogP contribution in [0.1, 0.15) is 44.6 Å². The van der Waals surface area contributed by atoms with Crippen LogP contribution in [0.3, 0.4) is 0 Å². The fourth-order valence-corrected chi connectivity index (χ4v) is 2.89. The van der Waals surface area contributed by atoms with Gasteiger partial charge >= 0.3 is 0 Å². The van der Waals surface area contributed by atoms with E-state index in [4.69, 9.17) is 4.74 Å². The highest BCUT2D eigenvalue weighted by Crippen LogP contribution is 2.40. The van der Waals surface area contributed by atoms with Crippen molar-refractivity contribution < 1.29 is 4.74 Å². The lowest BCUT2D eigenvalue weighted by atomic mass is 9.90. The molecule has 1 N–H and O–H groups in total. The van der Waals surface area contributed by atoms with Crippen LogP contribution in [0.5, 0.6) is 0 Å². The second-order valence-corrected chi connectivity index (χ2v) is 5.51. The number of nitrogens with one attached hydrogen (secondary N) is 1. The minimum absolute atomic E-state index is 0.0569. The predicted molar refractivity (Wildman–Crippen MR) is 70.2 cm³/mol. The molecule has 1 atom stereocenters. The Morgan fingerprint density at radius 1 is 1.35 bits per heavy atom. The first-order valence-electron chi connectivity index (χ1n) is 6.38. The topological polar surface area (TPSA) is 25.0 Å². The minimum atomic E-state index is -0.0569. The summed E-state index contributed by atoms with van der Waals surface area (Å²) in [5, 5.41) is 1.36. The van der Waals surface area contributed by atoms with Gasteiger partial charge in [-0.25, -0.2) is 0 Å². The normalized spacial score (nSPS) is 22.6. The summed E-state index contributed by atoms with van der Waals surface area (Å²) in [6.45, 7) is 6.54. The van der Waals surface area contributed by atoms with E-state index in [2.05, 4.69) is 50.0 Å². The van der Waals surface area contributed by atoms with Crippen molar-refractivity contribution >= 4 is 10.9 Å². The van der Waals surface area contributed by atoms with Crippen LogP contribution in [0, 0.1) is 0 Å². The first kappa shape index (κ1) is 10.8. The number of H-pyrrole nitrogens is 1. The highest BCUT2D eigenvalue weighted by molar-refractivity contribution is 5.85. The Bertz CT molecular complexity index is 553. The highest BCUT2D eigenvalue weighted by Gasteiger charge is 2.34. The summed E-state index contributed by atoms with van der Waals surface area (Å²) in [5.74, 6) is 0. The third kappa shape index (κ3) is 1.67. The SMILES string of the molecule is CC[C@@H]1OC(C)(C)Cc2c1[nH]c1ccccc21. The van der Waals surface area contributed by atoms with Crippen molar-refractivity contribution in [2.45, 2.75) is 45.3 Å². The maximum absolute atomic E-state index is 6.15. The average molecular weight is 229 g/mol. The standard InChI is InChI=1S/C15H19NO/c1-4-13-14-11(9-15(2,3)17-13)10-7-5-6-8-12(10)16-14/h5-8,13,16H,4,9H2,1-3H3/t13-/m0/s1. The Morgan fingerprint density at radius 2 is 2.12 bits per heavy atom. The van der Waals surface area contributed by atoms with Crippen LogP contribution in [0.15, 0.2) is 24.3 Å². The number of rotatable bonds is 1. The number of fused-ring (bicyclic) bond motifs is 3. The number of para-hydroxylation sites is 1. The Balaban J connectivity index is 2.23. The van der Waals surface area contributed by atoms with Crippen molar-refractivity contribution in [2.75, 3.05) is 0 Å². The van der Waals surface area contributed by atoms with Gasteiger partial charge in [-0.2, -0.15) is 0 Å². The largest absolute Gasteiger partial charge is 0.366 e. The Labute approximate surface area is 102 Å². The zero-order chi connectivity index (χ0) is 12.0. The van der Waals surface area contributed by atoms with E-state index in [9.17, 15) is 0 Å². The lowest BCUT2D eigenvalue weighted by Gasteiger charge is -2.35. The average Bonchev–Trinajstić information content (AvgIpc) is 2.66. The first-order chi connectivity index (χ1) is 8.11. The number of benzene rings is 1. The second kappa shape index (κ2) is 3.61. The first-order valence-corrected chi connectivity index (χ1v) is 6.38. The summed E-state index contributed by atoms with van der Waals surface area (Å²) in [7, 11) is 0. The van der Waals surface area contributed by atoms with Gasteiger partial charge in [-0.1, -0.05) is 25.1 Å². The summed E-state index contributed by atoms with van der Waals surface area (Å²) in [4.78, 5) is 3.53. The number of hydrogen-bond acceptors (Lipinski definition) is 1. The minimum Gasteiger partial charge on any atom is -0.366 e. The zero-order valence-electron chi connectivity index (χ0n) is 10.7. The summed E-state index contributed by atoms with van der Waals surface area (Å²) in [6.07, 6.45) is 2.22. The molecule has 0 saturated carbocycles. The van der Waals surface area contributed by atoms with Crippen molar-refractivity contribution in [3.8, 4) is 0 Å². The molecule has 0 unspecified atom stereocenters. The van der Waals surface area contributed by atoms with Crippen LogP contribution in [0.25, 0.3) is 10.9 Å². The molecule has 1 aromatic heterocycles. The molecule has 0 radical (unpaired) electrons. The van der Waals surface area contributed by atoms with E-state index in [0.717, 1.165) is 12.8 Å². The van der Waals surface area contributed by atoms with Crippen molar-refractivity contribution in [3.63, 3.8) is 0 Å². The molecule has 1 aromatic carbocycles. The molecule has 0 saturated heterocycles. The van der Waals surface area contributed by atoms with Gasteiger partial charge in [-0.3, -0.25) is 0 Å². The summed E-state index contributed by atoms with van der Waals surface area (Å²) < 4.78 is 6.15. The molecule has 3 rings (SSSR count). The molecule has 0 aliphatic carbocycles. The van der Waals surface area contributed by atoms with E-state index in [-0.39, 0.29) is 11.7 Å². The quantitative estimate of drug-likeness (QED) is 0.786. The van der Waals surface area contributed by atoms with E-state index < -0.39 is 0 Å². The molecule has 2 heteroatoms. The van der Waals surface area contributed by atoms with E-state index in [1.54, 1.807) is 0 Å². The molecule has 2 aromatic rings. The number of hydrogen-bond donors (Lipinski definition) is 1. The van der Waals surface area contributed by atoms with E-state index in [1.807, 2.05) is 0 Å². The van der Waals surface area contributed by atoms with Gasteiger partial charge in [0.25, 0.3) is 0 Å². The molecule has 1 aliphatic rings. The Kier molecular flexibility index (Phi) is 2.30. The fraction of sp³-hybridized carbons (Fsp3) is 0.467. The summed E-state index contributed by atoms with van der Waals surface area (Å²) in [6, 6.07) is 8.54. The van der Waals surface area contributed by atoms with Gasteiger partial charge in [-0.05, 0) is 31.9 Å². The molecule has 17 heavy (non-hydrogen) atoms. The Morgan fingerprint density at radius 3 is 2.88 bits per heavy atom. The third-order valence-electron chi connectivity index (χ3n) is 3.60. The molecular weight excluding hydrogens is 210 g/mol. The molecular formula is C15H19NO. The molecule has 2 nitrogen and oxygen atoms in total. The molecule has 0 spiro atoms. The van der Waals surface area contributed by atoms with Crippen molar-refractivity contribution in [3.05, 3.63) is 35.5 Å². The molecule has 2 heterocycles.